The van der Waals surface area contributed by atoms with Crippen LogP contribution in [0.3, 0.4) is 0 Å². The molecule has 0 saturated carbocycles. The second kappa shape index (κ2) is 3.80. The molecule has 0 aromatic heterocycles. The third kappa shape index (κ3) is 3.00. The van der Waals surface area contributed by atoms with Crippen LogP contribution in [0.1, 0.15) is 0 Å². The highest BCUT2D eigenvalue weighted by molar-refractivity contribution is 5.78. The van der Waals surface area contributed by atoms with Crippen molar-refractivity contribution in [2.75, 3.05) is 6.54 Å². The van der Waals surface area contributed by atoms with Crippen LogP contribution in [0.15, 0.2) is 0 Å². The second-order valence-corrected chi connectivity index (χ2v) is 1.45. The lowest BCUT2D eigenvalue weighted by Crippen LogP contribution is -2.37. The number of ether oxygens (including phenoxy) is 1. The third-order valence-electron chi connectivity index (χ3n) is 0.668. The average Bonchev–Trinajstić information content (AvgIpc) is 1.87. The highest BCUT2D eigenvalue weighted by Crippen LogP contribution is 1.82. The van der Waals surface area contributed by atoms with E-state index in [1.165, 1.54) is 0 Å². The Kier molecular flexibility index (Phi) is 3.37. The van der Waals surface area contributed by atoms with E-state index in [9.17, 15) is 9.59 Å². The topological polar surface area (TPSA) is 116 Å². The lowest BCUT2D eigenvalue weighted by atomic mass is 10.6. The van der Waals surface area contributed by atoms with E-state index >= 15 is 0 Å². The SMILES string of the molecule is NCC(=O)OC(N)C(=O)O. The van der Waals surface area contributed by atoms with Gasteiger partial charge < -0.3 is 15.6 Å². The number of carboxylic acid groups (broad SMARTS) is 1. The first kappa shape index (κ1) is 8.86. The van der Waals surface area contributed by atoms with Gasteiger partial charge in [-0.25, -0.2) is 4.79 Å². The molecule has 0 aliphatic rings. The first-order valence-electron chi connectivity index (χ1n) is 2.46. The molecule has 0 aromatic rings. The van der Waals surface area contributed by atoms with Crippen molar-refractivity contribution in [3.05, 3.63) is 0 Å². The zero-order valence-corrected chi connectivity index (χ0v) is 5.11. The molecule has 0 spiro atoms. The summed E-state index contributed by atoms with van der Waals surface area (Å²) >= 11 is 0. The summed E-state index contributed by atoms with van der Waals surface area (Å²) in [5.41, 5.74) is 9.59. The van der Waals surface area contributed by atoms with E-state index in [0.717, 1.165) is 0 Å². The summed E-state index contributed by atoms with van der Waals surface area (Å²) in [5, 5.41) is 8.08. The molecule has 1 unspecified atom stereocenters. The van der Waals surface area contributed by atoms with Gasteiger partial charge in [0.1, 0.15) is 0 Å². The fourth-order valence-electron chi connectivity index (χ4n) is 0.240. The molecule has 0 fully saturated rings. The molecule has 6 nitrogen and oxygen atoms in total. The summed E-state index contributed by atoms with van der Waals surface area (Å²) in [5.74, 6) is -2.24. The molecule has 0 heterocycles. The summed E-state index contributed by atoms with van der Waals surface area (Å²) in [6.07, 6.45) is -1.61. The lowest BCUT2D eigenvalue weighted by Gasteiger charge is -2.05. The summed E-state index contributed by atoms with van der Waals surface area (Å²) in [7, 11) is 0. The molecule has 58 valence electrons. The monoisotopic (exact) mass is 148 g/mol. The van der Waals surface area contributed by atoms with Crippen LogP contribution < -0.4 is 11.5 Å². The van der Waals surface area contributed by atoms with Gasteiger partial charge in [0.25, 0.3) is 0 Å². The number of nitrogens with two attached hydrogens (primary N) is 2. The quantitative estimate of drug-likeness (QED) is 0.310. The Bertz CT molecular complexity index is 146. The molecule has 6 heteroatoms. The van der Waals surface area contributed by atoms with E-state index in [4.69, 9.17) is 16.6 Å². The fraction of sp³-hybridized carbons (Fsp3) is 0.500. The first-order valence-corrected chi connectivity index (χ1v) is 2.46. The second-order valence-electron chi connectivity index (χ2n) is 1.45. The van der Waals surface area contributed by atoms with Crippen molar-refractivity contribution in [2.45, 2.75) is 6.23 Å². The maximum absolute atomic E-state index is 10.2. The smallest absolute Gasteiger partial charge is 0.360 e. The molecule has 1 atom stereocenters. The summed E-state index contributed by atoms with van der Waals surface area (Å²) in [4.78, 5) is 20.1. The minimum atomic E-state index is -1.61. The largest absolute Gasteiger partial charge is 0.477 e. The molecule has 0 aliphatic carbocycles. The molecule has 0 rings (SSSR count). The van der Waals surface area contributed by atoms with Crippen LogP contribution in [0.5, 0.6) is 0 Å². The number of esters is 1. The maximum atomic E-state index is 10.2. The van der Waals surface area contributed by atoms with Gasteiger partial charge in [-0.2, -0.15) is 0 Å². The lowest BCUT2D eigenvalue weighted by molar-refractivity contribution is -0.162. The van der Waals surface area contributed by atoms with Crippen molar-refractivity contribution >= 4 is 11.9 Å². The number of hydrogen-bond acceptors (Lipinski definition) is 5. The average molecular weight is 148 g/mol. The van der Waals surface area contributed by atoms with E-state index in [1.807, 2.05) is 0 Å². The molecule has 5 N–H and O–H groups in total. The van der Waals surface area contributed by atoms with Crippen molar-refractivity contribution in [1.29, 1.82) is 0 Å². The fourth-order valence-corrected chi connectivity index (χ4v) is 0.240. The van der Waals surface area contributed by atoms with Crippen LogP contribution in [-0.4, -0.2) is 29.8 Å². The zero-order valence-electron chi connectivity index (χ0n) is 5.11. The van der Waals surface area contributed by atoms with Crippen molar-refractivity contribution in [2.24, 2.45) is 11.5 Å². The van der Waals surface area contributed by atoms with Crippen LogP contribution in [0.2, 0.25) is 0 Å². The molecule has 0 bridgehead atoms. The van der Waals surface area contributed by atoms with Gasteiger partial charge in [-0.1, -0.05) is 0 Å². The van der Waals surface area contributed by atoms with Crippen LogP contribution in [-0.2, 0) is 14.3 Å². The zero-order chi connectivity index (χ0) is 8.15. The Hall–Kier alpha value is -1.14. The highest BCUT2D eigenvalue weighted by atomic mass is 16.6. The number of hydrogen-bond donors (Lipinski definition) is 3. The molecule has 0 saturated heterocycles. The van der Waals surface area contributed by atoms with Crippen molar-refractivity contribution in [3.8, 4) is 0 Å². The van der Waals surface area contributed by atoms with Crippen LogP contribution in [0, 0.1) is 0 Å². The number of carbonyl (C=O) groups excluding carboxylic acids is 1. The van der Waals surface area contributed by atoms with Gasteiger partial charge in [-0.15, -0.1) is 0 Å². The van der Waals surface area contributed by atoms with E-state index in [0.29, 0.717) is 0 Å². The molecule has 0 aromatic carbocycles. The predicted molar refractivity (Wildman–Crippen MR) is 30.8 cm³/mol. The predicted octanol–water partition coefficient (Wildman–Crippen LogP) is -2.14. The molecular weight excluding hydrogens is 140 g/mol. The van der Waals surface area contributed by atoms with E-state index in [1.54, 1.807) is 0 Å². The normalized spacial score (nSPS) is 12.2. The van der Waals surface area contributed by atoms with Gasteiger partial charge in [0.15, 0.2) is 0 Å². The van der Waals surface area contributed by atoms with Crippen molar-refractivity contribution in [3.63, 3.8) is 0 Å². The maximum Gasteiger partial charge on any atom is 0.360 e. The van der Waals surface area contributed by atoms with E-state index < -0.39 is 18.2 Å². The summed E-state index contributed by atoms with van der Waals surface area (Å²) in [6, 6.07) is 0. The van der Waals surface area contributed by atoms with Gasteiger partial charge in [0.2, 0.25) is 6.23 Å². The van der Waals surface area contributed by atoms with Crippen LogP contribution in [0.4, 0.5) is 0 Å². The Morgan fingerprint density at radius 1 is 1.60 bits per heavy atom. The molecule has 0 radical (unpaired) electrons. The molecule has 0 amide bonds. The Morgan fingerprint density at radius 2 is 2.10 bits per heavy atom. The third-order valence-corrected chi connectivity index (χ3v) is 0.668. The minimum Gasteiger partial charge on any atom is -0.477 e. The molecular formula is C4H8N2O4. The number of carboxylic acids is 1. The number of aliphatic carboxylic acids is 1. The van der Waals surface area contributed by atoms with Crippen LogP contribution >= 0.6 is 0 Å². The van der Waals surface area contributed by atoms with E-state index in [-0.39, 0.29) is 6.54 Å². The number of rotatable bonds is 3. The van der Waals surface area contributed by atoms with E-state index in [2.05, 4.69) is 4.74 Å². The van der Waals surface area contributed by atoms with Gasteiger partial charge in [0, 0.05) is 0 Å². The van der Waals surface area contributed by atoms with Gasteiger partial charge in [-0.3, -0.25) is 10.5 Å². The van der Waals surface area contributed by atoms with Gasteiger partial charge in [0.05, 0.1) is 6.54 Å². The Balaban J connectivity index is 3.68. The van der Waals surface area contributed by atoms with Gasteiger partial charge >= 0.3 is 11.9 Å². The standard InChI is InChI=1S/C4H8N2O4/c5-1-2(7)10-3(6)4(8)9/h3H,1,5-6H2,(H,8,9). The minimum absolute atomic E-state index is 0.374. The highest BCUT2D eigenvalue weighted by Gasteiger charge is 2.14. The summed E-state index contributed by atoms with van der Waals surface area (Å²) in [6.45, 7) is -0.374. The molecule has 0 aliphatic heterocycles. The summed E-state index contributed by atoms with van der Waals surface area (Å²) < 4.78 is 4.08. The van der Waals surface area contributed by atoms with Crippen molar-refractivity contribution < 1.29 is 19.4 Å². The van der Waals surface area contributed by atoms with Crippen LogP contribution in [0.25, 0.3) is 0 Å². The molecule has 10 heavy (non-hydrogen) atoms. The van der Waals surface area contributed by atoms with Crippen molar-refractivity contribution in [1.82, 2.24) is 0 Å². The Labute approximate surface area is 56.7 Å². The first-order chi connectivity index (χ1) is 4.57. The Morgan fingerprint density at radius 3 is 2.40 bits per heavy atom. The number of carbonyl (C=O) groups is 2. The van der Waals surface area contributed by atoms with Gasteiger partial charge in [-0.05, 0) is 0 Å².